The fraction of sp³-hybridized carbons (Fsp3) is 0.304. The summed E-state index contributed by atoms with van der Waals surface area (Å²) >= 11 is 1.61. The van der Waals surface area contributed by atoms with E-state index in [0.717, 1.165) is 32.6 Å². The van der Waals surface area contributed by atoms with Crippen molar-refractivity contribution in [3.05, 3.63) is 65.1 Å². The van der Waals surface area contributed by atoms with Crippen molar-refractivity contribution in [3.8, 4) is 11.3 Å². The normalized spacial score (nSPS) is 18.7. The molecule has 0 aliphatic carbocycles. The summed E-state index contributed by atoms with van der Waals surface area (Å²) in [6.07, 6.45) is 6.10. The number of thiophene rings is 1. The molecule has 1 aliphatic heterocycles. The number of ether oxygens (including phenoxy) is 1. The Morgan fingerprint density at radius 3 is 3.00 bits per heavy atom. The molecule has 0 saturated carbocycles. The van der Waals surface area contributed by atoms with E-state index in [0.29, 0.717) is 25.1 Å². The van der Waals surface area contributed by atoms with Gasteiger partial charge >= 0.3 is 0 Å². The Bertz CT molecular complexity index is 1250. The Kier molecular flexibility index (Phi) is 5.69. The Labute approximate surface area is 188 Å². The number of nitrogens with zero attached hydrogens (tertiary/aromatic N) is 4. The maximum atomic E-state index is 12.9. The van der Waals surface area contributed by atoms with Crippen LogP contribution in [0.4, 0.5) is 0 Å². The van der Waals surface area contributed by atoms with E-state index in [1.54, 1.807) is 22.2 Å². The van der Waals surface area contributed by atoms with Crippen molar-refractivity contribution in [2.24, 2.45) is 7.05 Å². The van der Waals surface area contributed by atoms with Crippen LogP contribution in [0.25, 0.3) is 21.5 Å². The predicted octanol–water partition coefficient (Wildman–Crippen LogP) is 2.56. The minimum atomic E-state index is -0.707. The fourth-order valence-corrected chi connectivity index (χ4v) is 4.73. The Hall–Kier alpha value is -3.14. The number of rotatable bonds is 5. The van der Waals surface area contributed by atoms with Gasteiger partial charge in [0, 0.05) is 38.0 Å². The first-order valence-corrected chi connectivity index (χ1v) is 11.3. The van der Waals surface area contributed by atoms with Crippen molar-refractivity contribution in [1.29, 1.82) is 0 Å². The van der Waals surface area contributed by atoms with E-state index in [2.05, 4.69) is 20.4 Å². The molecule has 8 nitrogen and oxygen atoms in total. The van der Waals surface area contributed by atoms with Gasteiger partial charge in [0.15, 0.2) is 0 Å². The molecule has 4 aromatic heterocycles. The molecule has 1 fully saturated rings. The lowest BCUT2D eigenvalue weighted by Gasteiger charge is -2.28. The number of amides is 1. The highest BCUT2D eigenvalue weighted by Gasteiger charge is 2.26. The van der Waals surface area contributed by atoms with E-state index in [9.17, 15) is 9.90 Å². The number of fused-ring (bicyclic) bond motifs is 1. The van der Waals surface area contributed by atoms with Gasteiger partial charge in [-0.25, -0.2) is 4.98 Å². The number of aromatic nitrogens is 4. The molecule has 4 aromatic rings. The van der Waals surface area contributed by atoms with Gasteiger partial charge in [-0.2, -0.15) is 5.10 Å². The van der Waals surface area contributed by atoms with E-state index >= 15 is 0 Å². The molecule has 0 unspecified atom stereocenters. The Balaban J connectivity index is 1.39. The molecule has 5 heterocycles. The van der Waals surface area contributed by atoms with Crippen LogP contribution in [-0.2, 0) is 18.2 Å². The zero-order chi connectivity index (χ0) is 22.1. The lowest BCUT2D eigenvalue weighted by molar-refractivity contribution is -0.0261. The van der Waals surface area contributed by atoms with Gasteiger partial charge in [0.05, 0.1) is 40.9 Å². The zero-order valence-corrected chi connectivity index (χ0v) is 18.4. The molecule has 2 atom stereocenters. The number of aliphatic hydroxyl groups is 1. The van der Waals surface area contributed by atoms with Crippen LogP contribution < -0.4 is 5.32 Å². The topological polar surface area (TPSA) is 102 Å². The molecule has 2 N–H and O–H groups in total. The summed E-state index contributed by atoms with van der Waals surface area (Å²) in [6.45, 7) is 0.752. The molecular weight excluding hydrogens is 426 g/mol. The molecule has 0 radical (unpaired) electrons. The smallest absolute Gasteiger partial charge is 0.270 e. The van der Waals surface area contributed by atoms with Crippen molar-refractivity contribution < 1.29 is 14.6 Å². The molecule has 1 amide bonds. The molecule has 32 heavy (non-hydrogen) atoms. The number of hydrogen-bond acceptors (Lipinski definition) is 7. The molecule has 164 valence electrons. The summed E-state index contributed by atoms with van der Waals surface area (Å²) in [7, 11) is 1.88. The number of aliphatic hydroxyl groups excluding tert-OH is 1. The lowest BCUT2D eigenvalue weighted by atomic mass is 10.0. The van der Waals surface area contributed by atoms with Gasteiger partial charge in [0.1, 0.15) is 5.69 Å². The molecule has 0 bridgehead atoms. The second-order valence-electron chi connectivity index (χ2n) is 7.94. The predicted molar refractivity (Wildman–Crippen MR) is 122 cm³/mol. The molecular formula is C23H23N5O3S. The van der Waals surface area contributed by atoms with Crippen LogP contribution in [0, 0.1) is 0 Å². The molecule has 9 heteroatoms. The summed E-state index contributed by atoms with van der Waals surface area (Å²) in [4.78, 5) is 22.0. The third-order valence-corrected chi connectivity index (χ3v) is 6.56. The first-order chi connectivity index (χ1) is 15.6. The quantitative estimate of drug-likeness (QED) is 0.486. The van der Waals surface area contributed by atoms with Gasteiger partial charge in [0.2, 0.25) is 0 Å². The lowest BCUT2D eigenvalue weighted by Crippen LogP contribution is -2.48. The van der Waals surface area contributed by atoms with E-state index in [1.165, 1.54) is 0 Å². The summed E-state index contributed by atoms with van der Waals surface area (Å²) in [5.74, 6) is -0.282. The van der Waals surface area contributed by atoms with Gasteiger partial charge < -0.3 is 15.2 Å². The third kappa shape index (κ3) is 4.27. The minimum Gasteiger partial charge on any atom is -0.389 e. The molecule has 1 aliphatic rings. The molecule has 0 aromatic carbocycles. The highest BCUT2D eigenvalue weighted by atomic mass is 32.1. The first kappa shape index (κ1) is 20.7. The maximum absolute atomic E-state index is 12.9. The second kappa shape index (κ2) is 8.78. The third-order valence-electron chi connectivity index (χ3n) is 5.58. The minimum absolute atomic E-state index is 0.231. The van der Waals surface area contributed by atoms with Gasteiger partial charge in [-0.05, 0) is 41.1 Å². The zero-order valence-electron chi connectivity index (χ0n) is 17.6. The second-order valence-corrected chi connectivity index (χ2v) is 8.86. The number of carbonyl (C=O) groups is 1. The van der Waals surface area contributed by atoms with Crippen LogP contribution in [0.5, 0.6) is 0 Å². The fourth-order valence-electron chi connectivity index (χ4n) is 3.88. The molecule has 5 rings (SSSR count). The molecule has 0 spiro atoms. The monoisotopic (exact) mass is 449 g/mol. The van der Waals surface area contributed by atoms with Crippen molar-refractivity contribution in [2.45, 2.75) is 25.0 Å². The number of nitrogens with one attached hydrogen (secondary N) is 1. The van der Waals surface area contributed by atoms with Crippen LogP contribution in [0.1, 0.15) is 28.0 Å². The van der Waals surface area contributed by atoms with Gasteiger partial charge in [0.25, 0.3) is 5.91 Å². The van der Waals surface area contributed by atoms with Crippen LogP contribution in [0.3, 0.4) is 0 Å². The SMILES string of the molecule is Cn1cc(-c2ccc(Cc3cc(C(=O)N[C@H]4CCOC[C@@H]4O)nc4ccsc34)cn2)cn1. The van der Waals surface area contributed by atoms with Crippen molar-refractivity contribution in [2.75, 3.05) is 13.2 Å². The van der Waals surface area contributed by atoms with Crippen molar-refractivity contribution in [1.82, 2.24) is 25.1 Å². The van der Waals surface area contributed by atoms with Gasteiger partial charge in [-0.3, -0.25) is 14.5 Å². The number of pyridine rings is 2. The van der Waals surface area contributed by atoms with E-state index in [-0.39, 0.29) is 18.6 Å². The van der Waals surface area contributed by atoms with Gasteiger partial charge in [-0.1, -0.05) is 6.07 Å². The average Bonchev–Trinajstić information content (AvgIpc) is 3.45. The Morgan fingerprint density at radius 2 is 2.25 bits per heavy atom. The highest BCUT2D eigenvalue weighted by Crippen LogP contribution is 2.27. The molecule has 1 saturated heterocycles. The van der Waals surface area contributed by atoms with Crippen LogP contribution in [0.2, 0.25) is 0 Å². The highest BCUT2D eigenvalue weighted by molar-refractivity contribution is 7.17. The number of aryl methyl sites for hydroxylation is 1. The van der Waals surface area contributed by atoms with Crippen molar-refractivity contribution >= 4 is 27.5 Å². The van der Waals surface area contributed by atoms with Gasteiger partial charge in [-0.15, -0.1) is 11.3 Å². The van der Waals surface area contributed by atoms with E-state index in [4.69, 9.17) is 4.74 Å². The summed E-state index contributed by atoms with van der Waals surface area (Å²) in [6, 6.07) is 7.47. The number of carbonyl (C=O) groups excluding carboxylic acids is 1. The first-order valence-electron chi connectivity index (χ1n) is 10.4. The Morgan fingerprint density at radius 1 is 1.34 bits per heavy atom. The largest absolute Gasteiger partial charge is 0.389 e. The summed E-state index contributed by atoms with van der Waals surface area (Å²) in [5.41, 5.74) is 5.06. The van der Waals surface area contributed by atoms with Crippen LogP contribution >= 0.6 is 11.3 Å². The van der Waals surface area contributed by atoms with Crippen LogP contribution in [0.15, 0.2) is 48.2 Å². The van der Waals surface area contributed by atoms with E-state index in [1.807, 2.05) is 49.1 Å². The summed E-state index contributed by atoms with van der Waals surface area (Å²) < 4.78 is 8.05. The standard InChI is InChI=1S/C23H23N5O3S/c1-28-12-16(11-25-28)17-3-2-14(10-24-17)8-15-9-20(26-19-5-7-32-22(15)19)23(30)27-18-4-6-31-13-21(18)29/h2-3,5,7,9-12,18,21,29H,4,6,8,13H2,1H3,(H,27,30)/t18-,21-/m0/s1. The average molecular weight is 450 g/mol. The van der Waals surface area contributed by atoms with E-state index < -0.39 is 6.10 Å². The number of hydrogen-bond donors (Lipinski definition) is 2. The summed E-state index contributed by atoms with van der Waals surface area (Å²) in [5, 5.41) is 19.2. The van der Waals surface area contributed by atoms with Crippen LogP contribution in [-0.4, -0.2) is 56.1 Å². The maximum Gasteiger partial charge on any atom is 0.270 e. The van der Waals surface area contributed by atoms with Crippen molar-refractivity contribution in [3.63, 3.8) is 0 Å².